The largest absolute Gasteiger partial charge is 0.311 e. The minimum Gasteiger partial charge on any atom is -0.311 e. The van der Waals surface area contributed by atoms with E-state index in [1.807, 2.05) is 23.5 Å². The van der Waals surface area contributed by atoms with E-state index in [2.05, 4.69) is 374 Å². The molecule has 0 saturated carbocycles. The average Bonchev–Trinajstić information content (AvgIpc) is 0.689. The van der Waals surface area contributed by atoms with Crippen LogP contribution in [0, 0.1) is 0 Å². The molecule has 0 atom stereocenters. The molecule has 14 aromatic rings. The highest BCUT2D eigenvalue weighted by Gasteiger charge is 2.47. The van der Waals surface area contributed by atoms with Gasteiger partial charge in [0.25, 0.3) is 6.71 Å². The monoisotopic (exact) mass is 1260 g/mol. The van der Waals surface area contributed by atoms with E-state index in [1.54, 1.807) is 0 Å². The molecule has 18 rings (SSSR count). The van der Waals surface area contributed by atoms with Gasteiger partial charge in [0, 0.05) is 81.9 Å². The molecular formula is C88H64B2N4S2. The molecule has 0 radical (unpaired) electrons. The van der Waals surface area contributed by atoms with Crippen LogP contribution in [0.1, 0.15) is 26.3 Å². The molecule has 0 bridgehead atoms. The molecule has 4 aliphatic heterocycles. The normalized spacial score (nSPS) is 13.0. The lowest BCUT2D eigenvalue weighted by atomic mass is 9.31. The van der Waals surface area contributed by atoms with E-state index in [9.17, 15) is 0 Å². The molecule has 14 aromatic carbocycles. The van der Waals surface area contributed by atoms with Crippen LogP contribution in [-0.4, -0.2) is 13.4 Å². The molecule has 0 saturated heterocycles. The second-order valence-corrected chi connectivity index (χ2v) is 28.5. The predicted octanol–water partition coefficient (Wildman–Crippen LogP) is 20.5. The molecule has 0 aromatic heterocycles. The van der Waals surface area contributed by atoms with Crippen molar-refractivity contribution in [3.8, 4) is 33.4 Å². The van der Waals surface area contributed by atoms with Crippen LogP contribution in [0.5, 0.6) is 0 Å². The molecule has 4 nitrogen and oxygen atoms in total. The number of hydrogen-bond donors (Lipinski definition) is 0. The summed E-state index contributed by atoms with van der Waals surface area (Å²) in [7, 11) is 0. The fraction of sp³-hybridized carbons (Fsp3) is 0.0455. The molecule has 4 heterocycles. The first kappa shape index (κ1) is 57.7. The van der Waals surface area contributed by atoms with Gasteiger partial charge in [-0.05, 0) is 158 Å². The Labute approximate surface area is 572 Å². The molecule has 0 amide bonds. The Kier molecular flexibility index (Phi) is 14.2. The maximum Gasteiger partial charge on any atom is 0.252 e. The van der Waals surface area contributed by atoms with Gasteiger partial charge in [-0.25, -0.2) is 0 Å². The number of para-hydroxylation sites is 6. The summed E-state index contributed by atoms with van der Waals surface area (Å²) in [5.74, 6) is 0. The Hall–Kier alpha value is -10.9. The fourth-order valence-electron chi connectivity index (χ4n) is 15.3. The van der Waals surface area contributed by atoms with Crippen molar-refractivity contribution in [3.05, 3.63) is 339 Å². The molecule has 0 aliphatic carbocycles. The van der Waals surface area contributed by atoms with Gasteiger partial charge in [0.2, 0.25) is 6.71 Å². The smallest absolute Gasteiger partial charge is 0.252 e. The van der Waals surface area contributed by atoms with Crippen molar-refractivity contribution in [2.24, 2.45) is 0 Å². The number of hydrogen-bond acceptors (Lipinski definition) is 6. The topological polar surface area (TPSA) is 13.0 Å². The summed E-state index contributed by atoms with van der Waals surface area (Å²) < 4.78 is 0. The lowest BCUT2D eigenvalue weighted by Gasteiger charge is -2.46. The highest BCUT2D eigenvalue weighted by Crippen LogP contribution is 2.53. The molecule has 0 unspecified atom stereocenters. The summed E-state index contributed by atoms with van der Waals surface area (Å²) in [6.07, 6.45) is 0. The quantitative estimate of drug-likeness (QED) is 0.119. The molecule has 8 heteroatoms. The van der Waals surface area contributed by atoms with Crippen molar-refractivity contribution < 1.29 is 0 Å². The summed E-state index contributed by atoms with van der Waals surface area (Å²) in [4.78, 5) is 15.3. The lowest BCUT2D eigenvalue weighted by molar-refractivity contribution is 0.590. The summed E-state index contributed by atoms with van der Waals surface area (Å²) in [6.45, 7) is 6.73. The average molecular weight is 1260 g/mol. The highest BCUT2D eigenvalue weighted by molar-refractivity contribution is 8.01. The van der Waals surface area contributed by atoms with Gasteiger partial charge in [-0.15, -0.1) is 0 Å². The first-order chi connectivity index (χ1) is 47.3. The molecule has 0 N–H and O–H groups in total. The van der Waals surface area contributed by atoms with Gasteiger partial charge in [-0.1, -0.05) is 286 Å². The second-order valence-electron chi connectivity index (χ2n) is 26.4. The van der Waals surface area contributed by atoms with E-state index in [0.717, 1.165) is 79.1 Å². The zero-order valence-corrected chi connectivity index (χ0v) is 55.1. The standard InChI is InChI=1S/C88H64B2N4S2/c1-88(2,3)63-49-45-62(46-50-63)71-38-20-24-42-77(71)94-79-58-83-75(90-73-40-22-26-44-82(73)95-84-55-69(56-85(96-83)87(84)90)91(64-31-13-6-14-32-64)65-33-15-7-16-34-65)57-74(79)89-72-39-21-25-43-78(72)93(66-35-17-8-18-36-66)80-53-68(54-81(94)86(80)89)92(67-51-47-60(48-52-67)59-27-9-4-10-28-59)76-41-23-19-37-70(76)61-29-11-5-12-30-61/h4-58H,1-3H3. The van der Waals surface area contributed by atoms with Crippen molar-refractivity contribution in [1.29, 1.82) is 0 Å². The third-order valence-corrected chi connectivity index (χ3v) is 22.0. The zero-order valence-electron chi connectivity index (χ0n) is 53.5. The number of rotatable bonds is 11. The molecular weight excluding hydrogens is 1200 g/mol. The first-order valence-corrected chi connectivity index (χ1v) is 34.8. The van der Waals surface area contributed by atoms with Crippen LogP contribution in [0.2, 0.25) is 0 Å². The number of nitrogens with zero attached hydrogens (tertiary/aromatic N) is 4. The molecule has 0 fully saturated rings. The van der Waals surface area contributed by atoms with Crippen LogP contribution in [0.4, 0.5) is 68.2 Å². The Balaban J connectivity index is 0.931. The first-order valence-electron chi connectivity index (χ1n) is 33.2. The van der Waals surface area contributed by atoms with Crippen molar-refractivity contribution in [3.63, 3.8) is 0 Å². The Morgan fingerprint density at radius 3 is 1.43 bits per heavy atom. The Bertz CT molecular complexity index is 5260. The maximum atomic E-state index is 2.66. The van der Waals surface area contributed by atoms with Gasteiger partial charge in [-0.2, -0.15) is 0 Å². The summed E-state index contributed by atoms with van der Waals surface area (Å²) >= 11 is 3.84. The summed E-state index contributed by atoms with van der Waals surface area (Å²) in [6, 6.07) is 125. The van der Waals surface area contributed by atoms with E-state index >= 15 is 0 Å². The summed E-state index contributed by atoms with van der Waals surface area (Å²) in [5, 5.41) is 0. The Morgan fingerprint density at radius 1 is 0.281 bits per heavy atom. The lowest BCUT2D eigenvalue weighted by Crippen LogP contribution is -2.64. The van der Waals surface area contributed by atoms with E-state index in [1.165, 1.54) is 80.4 Å². The number of benzene rings is 14. The van der Waals surface area contributed by atoms with Gasteiger partial charge in [0.15, 0.2) is 0 Å². The van der Waals surface area contributed by atoms with E-state index in [4.69, 9.17) is 0 Å². The second kappa shape index (κ2) is 23.5. The molecule has 4 aliphatic rings. The summed E-state index contributed by atoms with van der Waals surface area (Å²) in [5.41, 5.74) is 29.5. The van der Waals surface area contributed by atoms with Crippen molar-refractivity contribution in [1.82, 2.24) is 0 Å². The number of anilines is 12. The van der Waals surface area contributed by atoms with Crippen LogP contribution >= 0.6 is 23.5 Å². The van der Waals surface area contributed by atoms with Gasteiger partial charge in [0.1, 0.15) is 0 Å². The van der Waals surface area contributed by atoms with Crippen molar-refractivity contribution >= 4 is 138 Å². The highest BCUT2D eigenvalue weighted by atomic mass is 32.2. The van der Waals surface area contributed by atoms with Crippen LogP contribution in [-0.2, 0) is 5.41 Å². The third-order valence-electron chi connectivity index (χ3n) is 19.7. The van der Waals surface area contributed by atoms with Gasteiger partial charge in [0.05, 0.1) is 17.1 Å². The Morgan fingerprint density at radius 2 is 0.760 bits per heavy atom. The fourth-order valence-corrected chi connectivity index (χ4v) is 17.8. The SMILES string of the molecule is CC(C)(C)c1ccc(-c2ccccc2N2c3cc4c(cc3B3c5ccccc5N(c5ccccc5)c5cc(N(c6ccc(-c7ccccc7)cc6)c6ccccc6-c6ccccc6)cc2c53)B2c3ccccc3Sc3cc(N(c5ccccc5)c5ccccc5)cc(c32)S4)cc1. The molecule has 0 spiro atoms. The predicted molar refractivity (Wildman–Crippen MR) is 411 cm³/mol. The van der Waals surface area contributed by atoms with Gasteiger partial charge < -0.3 is 19.6 Å². The zero-order chi connectivity index (χ0) is 64.0. The van der Waals surface area contributed by atoms with Gasteiger partial charge in [-0.3, -0.25) is 0 Å². The molecule has 96 heavy (non-hydrogen) atoms. The van der Waals surface area contributed by atoms with Crippen LogP contribution in [0.15, 0.2) is 353 Å². The minimum absolute atomic E-state index is 0.0119. The van der Waals surface area contributed by atoms with Crippen LogP contribution in [0.25, 0.3) is 33.4 Å². The minimum atomic E-state index is -0.156. The number of fused-ring (bicyclic) bond motifs is 8. The van der Waals surface area contributed by atoms with Gasteiger partial charge >= 0.3 is 0 Å². The van der Waals surface area contributed by atoms with Crippen molar-refractivity contribution in [2.75, 3.05) is 19.6 Å². The molecule has 454 valence electrons. The van der Waals surface area contributed by atoms with Crippen LogP contribution in [0.3, 0.4) is 0 Å². The van der Waals surface area contributed by atoms with E-state index < -0.39 is 0 Å². The third kappa shape index (κ3) is 9.80. The van der Waals surface area contributed by atoms with E-state index in [0.29, 0.717) is 0 Å². The van der Waals surface area contributed by atoms with E-state index in [-0.39, 0.29) is 18.8 Å². The van der Waals surface area contributed by atoms with Crippen molar-refractivity contribution in [2.45, 2.75) is 45.8 Å². The van der Waals surface area contributed by atoms with Crippen LogP contribution < -0.4 is 52.4 Å². The maximum absolute atomic E-state index is 2.66.